The highest BCUT2D eigenvalue weighted by Crippen LogP contribution is 2.27. The smallest absolute Gasteiger partial charge is 0.250 e. The minimum absolute atomic E-state index is 0.427. The van der Waals surface area contributed by atoms with Gasteiger partial charge in [-0.15, -0.1) is 0 Å². The van der Waals surface area contributed by atoms with Crippen LogP contribution in [0.3, 0.4) is 0 Å². The van der Waals surface area contributed by atoms with Gasteiger partial charge in [-0.1, -0.05) is 30.3 Å². The summed E-state index contributed by atoms with van der Waals surface area (Å²) in [5.41, 5.74) is 4.76. The molecule has 6 nitrogen and oxygen atoms in total. The van der Waals surface area contributed by atoms with Gasteiger partial charge in [-0.3, -0.25) is 9.69 Å². The molecular formula is C22H23N3O3. The summed E-state index contributed by atoms with van der Waals surface area (Å²) >= 11 is 0. The van der Waals surface area contributed by atoms with E-state index in [0.717, 1.165) is 49.6 Å². The Labute approximate surface area is 163 Å². The highest BCUT2D eigenvalue weighted by Gasteiger charge is 2.14. The molecule has 2 aromatic carbocycles. The van der Waals surface area contributed by atoms with Crippen LogP contribution in [0.4, 0.5) is 5.69 Å². The van der Waals surface area contributed by atoms with E-state index in [4.69, 9.17) is 14.8 Å². The van der Waals surface area contributed by atoms with Crippen molar-refractivity contribution >= 4 is 22.5 Å². The quantitative estimate of drug-likeness (QED) is 0.715. The third-order valence-corrected chi connectivity index (χ3v) is 4.91. The SMILES string of the molecule is O=C(CO)Nc1ccc(-c2cc(CN3CCOCC3)c3ccccc3n2)cc1. The Hall–Kier alpha value is -2.80. The van der Waals surface area contributed by atoms with Crippen LogP contribution < -0.4 is 5.32 Å². The molecule has 1 saturated heterocycles. The molecular weight excluding hydrogens is 354 g/mol. The van der Waals surface area contributed by atoms with Gasteiger partial charge in [0.25, 0.3) is 0 Å². The topological polar surface area (TPSA) is 74.7 Å². The lowest BCUT2D eigenvalue weighted by Gasteiger charge is -2.27. The first-order chi connectivity index (χ1) is 13.7. The molecule has 2 N–H and O–H groups in total. The molecule has 0 bridgehead atoms. The number of hydrogen-bond donors (Lipinski definition) is 2. The summed E-state index contributed by atoms with van der Waals surface area (Å²) in [5, 5.41) is 12.7. The molecule has 2 heterocycles. The molecule has 0 atom stereocenters. The Morgan fingerprint density at radius 1 is 1.11 bits per heavy atom. The number of nitrogens with zero attached hydrogens (tertiary/aromatic N) is 2. The van der Waals surface area contributed by atoms with Gasteiger partial charge in [-0.2, -0.15) is 0 Å². The molecule has 1 aliphatic heterocycles. The number of aliphatic hydroxyl groups excluding tert-OH is 1. The van der Waals surface area contributed by atoms with Gasteiger partial charge < -0.3 is 15.2 Å². The molecule has 1 aromatic heterocycles. The molecule has 28 heavy (non-hydrogen) atoms. The molecule has 0 unspecified atom stereocenters. The number of fused-ring (bicyclic) bond motifs is 1. The van der Waals surface area contributed by atoms with Crippen LogP contribution in [0.5, 0.6) is 0 Å². The highest BCUT2D eigenvalue weighted by atomic mass is 16.5. The van der Waals surface area contributed by atoms with Crippen LogP contribution in [0.2, 0.25) is 0 Å². The number of carbonyl (C=O) groups excluding carboxylic acids is 1. The van der Waals surface area contributed by atoms with Gasteiger partial charge >= 0.3 is 0 Å². The van der Waals surface area contributed by atoms with Gasteiger partial charge in [0.05, 0.1) is 24.4 Å². The lowest BCUT2D eigenvalue weighted by atomic mass is 10.0. The van der Waals surface area contributed by atoms with E-state index in [9.17, 15) is 4.79 Å². The zero-order valence-corrected chi connectivity index (χ0v) is 15.6. The van der Waals surface area contributed by atoms with Gasteiger partial charge in [0.2, 0.25) is 5.91 Å². The molecule has 1 fully saturated rings. The summed E-state index contributed by atoms with van der Waals surface area (Å²) in [7, 11) is 0. The van der Waals surface area contributed by atoms with Gasteiger partial charge in [0.15, 0.2) is 0 Å². The average molecular weight is 377 g/mol. The average Bonchev–Trinajstić information content (AvgIpc) is 2.75. The van der Waals surface area contributed by atoms with E-state index in [-0.39, 0.29) is 0 Å². The number of amides is 1. The molecule has 6 heteroatoms. The van der Waals surface area contributed by atoms with Crippen LogP contribution in [0.25, 0.3) is 22.2 Å². The van der Waals surface area contributed by atoms with Crippen molar-refractivity contribution in [1.82, 2.24) is 9.88 Å². The first-order valence-electron chi connectivity index (χ1n) is 9.43. The van der Waals surface area contributed by atoms with Crippen LogP contribution in [0.1, 0.15) is 5.56 Å². The fraction of sp³-hybridized carbons (Fsp3) is 0.273. The van der Waals surface area contributed by atoms with Crippen molar-refractivity contribution in [3.63, 3.8) is 0 Å². The number of carbonyl (C=O) groups is 1. The molecule has 0 radical (unpaired) electrons. The maximum absolute atomic E-state index is 11.3. The number of benzene rings is 2. The molecule has 4 rings (SSSR count). The summed E-state index contributed by atoms with van der Waals surface area (Å²) in [6.45, 7) is 3.76. The van der Waals surface area contributed by atoms with Crippen LogP contribution in [0, 0.1) is 0 Å². The molecule has 1 aliphatic rings. The number of aliphatic hydroxyl groups is 1. The molecule has 3 aromatic rings. The Morgan fingerprint density at radius 2 is 1.86 bits per heavy atom. The normalized spacial score (nSPS) is 14.9. The molecule has 0 saturated carbocycles. The second-order valence-electron chi connectivity index (χ2n) is 6.86. The summed E-state index contributed by atoms with van der Waals surface area (Å²) in [5.74, 6) is -0.427. The van der Waals surface area contributed by atoms with Crippen LogP contribution in [-0.4, -0.2) is 53.8 Å². The standard InChI is InChI=1S/C22H23N3O3/c26-15-22(27)23-18-7-5-16(6-8-18)21-13-17(14-25-9-11-28-12-10-25)19-3-1-2-4-20(19)24-21/h1-8,13,26H,9-12,14-15H2,(H,23,27). The Balaban J connectivity index is 1.66. The number of hydrogen-bond acceptors (Lipinski definition) is 5. The number of ether oxygens (including phenoxy) is 1. The fourth-order valence-corrected chi connectivity index (χ4v) is 3.45. The summed E-state index contributed by atoms with van der Waals surface area (Å²) in [6.07, 6.45) is 0. The van der Waals surface area contributed by atoms with Crippen molar-refractivity contribution in [2.75, 3.05) is 38.2 Å². The number of nitrogens with one attached hydrogen (secondary N) is 1. The van der Waals surface area contributed by atoms with Crippen LogP contribution >= 0.6 is 0 Å². The minimum atomic E-state index is -0.529. The highest BCUT2D eigenvalue weighted by molar-refractivity contribution is 5.92. The van der Waals surface area contributed by atoms with E-state index in [1.54, 1.807) is 0 Å². The van der Waals surface area contributed by atoms with Crippen LogP contribution in [0.15, 0.2) is 54.6 Å². The van der Waals surface area contributed by atoms with Gasteiger partial charge in [-0.05, 0) is 29.8 Å². The number of aromatic nitrogens is 1. The number of anilines is 1. The lowest BCUT2D eigenvalue weighted by Crippen LogP contribution is -2.35. The van der Waals surface area contributed by atoms with E-state index in [1.807, 2.05) is 42.5 Å². The van der Waals surface area contributed by atoms with Gasteiger partial charge in [0.1, 0.15) is 6.61 Å². The first-order valence-corrected chi connectivity index (χ1v) is 9.43. The Kier molecular flexibility index (Phi) is 5.62. The zero-order valence-electron chi connectivity index (χ0n) is 15.6. The number of rotatable bonds is 5. The Bertz CT molecular complexity index is 966. The first kappa shape index (κ1) is 18.6. The van der Waals surface area contributed by atoms with E-state index in [2.05, 4.69) is 22.3 Å². The fourth-order valence-electron chi connectivity index (χ4n) is 3.45. The van der Waals surface area contributed by atoms with E-state index in [1.165, 1.54) is 10.9 Å². The largest absolute Gasteiger partial charge is 0.387 e. The second-order valence-corrected chi connectivity index (χ2v) is 6.86. The molecule has 0 spiro atoms. The van der Waals surface area contributed by atoms with E-state index >= 15 is 0 Å². The number of para-hydroxylation sites is 1. The van der Waals surface area contributed by atoms with Crippen molar-refractivity contribution in [2.24, 2.45) is 0 Å². The lowest BCUT2D eigenvalue weighted by molar-refractivity contribution is -0.118. The molecule has 1 amide bonds. The van der Waals surface area contributed by atoms with E-state index < -0.39 is 12.5 Å². The van der Waals surface area contributed by atoms with Crippen molar-refractivity contribution in [1.29, 1.82) is 0 Å². The van der Waals surface area contributed by atoms with Crippen molar-refractivity contribution in [2.45, 2.75) is 6.54 Å². The predicted octanol–water partition coefficient (Wildman–Crippen LogP) is 2.66. The second kappa shape index (κ2) is 8.48. The summed E-state index contributed by atoms with van der Waals surface area (Å²) in [4.78, 5) is 18.6. The van der Waals surface area contributed by atoms with Crippen molar-refractivity contribution < 1.29 is 14.6 Å². The van der Waals surface area contributed by atoms with E-state index in [0.29, 0.717) is 5.69 Å². The summed E-state index contributed by atoms with van der Waals surface area (Å²) in [6, 6.07) is 17.9. The number of morpholine rings is 1. The van der Waals surface area contributed by atoms with Crippen molar-refractivity contribution in [3.05, 3.63) is 60.2 Å². The maximum Gasteiger partial charge on any atom is 0.250 e. The van der Waals surface area contributed by atoms with Crippen molar-refractivity contribution in [3.8, 4) is 11.3 Å². The monoisotopic (exact) mass is 377 g/mol. The van der Waals surface area contributed by atoms with Gasteiger partial charge in [0, 0.05) is 36.3 Å². The molecule has 144 valence electrons. The predicted molar refractivity (Wildman–Crippen MR) is 109 cm³/mol. The third kappa shape index (κ3) is 4.20. The molecule has 0 aliphatic carbocycles. The zero-order chi connectivity index (χ0) is 19.3. The third-order valence-electron chi connectivity index (χ3n) is 4.91. The summed E-state index contributed by atoms with van der Waals surface area (Å²) < 4.78 is 5.47. The Morgan fingerprint density at radius 3 is 2.61 bits per heavy atom. The maximum atomic E-state index is 11.3. The van der Waals surface area contributed by atoms with Gasteiger partial charge in [-0.25, -0.2) is 4.98 Å². The minimum Gasteiger partial charge on any atom is -0.387 e. The van der Waals surface area contributed by atoms with Crippen LogP contribution in [-0.2, 0) is 16.1 Å². The number of pyridine rings is 1.